The average molecular weight is 464 g/mol. The summed E-state index contributed by atoms with van der Waals surface area (Å²) in [4.78, 5) is 39.7. The van der Waals surface area contributed by atoms with Crippen LogP contribution in [-0.4, -0.2) is 33.1 Å². The van der Waals surface area contributed by atoms with Gasteiger partial charge in [-0.05, 0) is 74.4 Å². The van der Waals surface area contributed by atoms with Gasteiger partial charge in [0.2, 0.25) is 0 Å². The number of fused-ring (bicyclic) bond motifs is 1. The smallest absolute Gasteiger partial charge is 0.293 e. The number of imide groups is 1. The minimum absolute atomic E-state index is 0.0328. The van der Waals surface area contributed by atoms with Gasteiger partial charge in [-0.15, -0.1) is 0 Å². The molecule has 2 heterocycles. The summed E-state index contributed by atoms with van der Waals surface area (Å²) >= 11 is 0.912. The molecule has 0 spiro atoms. The zero-order chi connectivity index (χ0) is 23.9. The first-order valence-electron chi connectivity index (χ1n) is 10.7. The van der Waals surface area contributed by atoms with Gasteiger partial charge in [0.25, 0.3) is 16.8 Å². The maximum Gasteiger partial charge on any atom is 0.293 e. The number of nitro groups is 1. The molecule has 33 heavy (non-hydrogen) atoms. The summed E-state index contributed by atoms with van der Waals surface area (Å²) < 4.78 is 0. The van der Waals surface area contributed by atoms with Crippen LogP contribution in [0.15, 0.2) is 53.4 Å². The molecule has 0 aromatic heterocycles. The fraction of sp³-hybridized carbons (Fsp3) is 0.280. The summed E-state index contributed by atoms with van der Waals surface area (Å²) in [6.45, 7) is 9.57. The molecule has 2 aliphatic rings. The molecule has 170 valence electrons. The van der Waals surface area contributed by atoms with Crippen molar-refractivity contribution in [3.05, 3.63) is 80.3 Å². The van der Waals surface area contributed by atoms with Crippen molar-refractivity contribution in [2.75, 3.05) is 11.4 Å². The Morgan fingerprint density at radius 1 is 1.12 bits per heavy atom. The first-order valence-corrected chi connectivity index (χ1v) is 11.5. The molecular weight excluding hydrogens is 438 g/mol. The van der Waals surface area contributed by atoms with Crippen molar-refractivity contribution in [2.24, 2.45) is 0 Å². The number of nitro benzene ring substituents is 1. The van der Waals surface area contributed by atoms with Crippen molar-refractivity contribution in [1.82, 2.24) is 4.90 Å². The van der Waals surface area contributed by atoms with Crippen LogP contribution in [0.4, 0.5) is 16.2 Å². The molecule has 0 radical (unpaired) electrons. The van der Waals surface area contributed by atoms with Gasteiger partial charge in [0.05, 0.1) is 21.9 Å². The second kappa shape index (κ2) is 8.51. The number of hydrogen-bond donors (Lipinski definition) is 0. The molecular formula is C25H25N3O4S. The standard InChI is InChI=1S/C25H25N3O4S/c1-5-27-21-11-8-18(12-20(21)16(2)14-25(27,3)4)13-22-23(29)26(24(30)33-22)15-17-6-9-19(10-7-17)28(31)32/h6-14H,5,15H2,1-4H3/b22-13+. The van der Waals surface area contributed by atoms with Crippen molar-refractivity contribution in [3.63, 3.8) is 0 Å². The van der Waals surface area contributed by atoms with Gasteiger partial charge in [-0.1, -0.05) is 24.3 Å². The molecule has 4 rings (SSSR count). The SMILES string of the molecule is CCN1c2ccc(/C=C3/SC(=O)N(Cc4ccc([N+](=O)[O-])cc4)C3=O)cc2C(C)=CC1(C)C. The van der Waals surface area contributed by atoms with Crippen LogP contribution in [0.25, 0.3) is 11.6 Å². The second-order valence-electron chi connectivity index (χ2n) is 8.69. The Labute approximate surface area is 196 Å². The molecule has 8 heteroatoms. The summed E-state index contributed by atoms with van der Waals surface area (Å²) in [7, 11) is 0. The van der Waals surface area contributed by atoms with Gasteiger partial charge in [0.15, 0.2) is 0 Å². The van der Waals surface area contributed by atoms with Gasteiger partial charge in [-0.25, -0.2) is 0 Å². The number of carbonyl (C=O) groups excluding carboxylic acids is 2. The van der Waals surface area contributed by atoms with Crippen LogP contribution >= 0.6 is 11.8 Å². The van der Waals surface area contributed by atoms with Gasteiger partial charge in [-0.2, -0.15) is 0 Å². The van der Waals surface area contributed by atoms with Crippen molar-refractivity contribution < 1.29 is 14.5 Å². The van der Waals surface area contributed by atoms with E-state index < -0.39 is 4.92 Å². The van der Waals surface area contributed by atoms with Crippen LogP contribution in [-0.2, 0) is 11.3 Å². The molecule has 0 aliphatic carbocycles. The molecule has 0 unspecified atom stereocenters. The second-order valence-corrected chi connectivity index (χ2v) is 9.69. The van der Waals surface area contributed by atoms with E-state index in [0.717, 1.165) is 35.1 Å². The van der Waals surface area contributed by atoms with Crippen LogP contribution in [0.2, 0.25) is 0 Å². The molecule has 2 aromatic rings. The zero-order valence-corrected chi connectivity index (χ0v) is 19.8. The lowest BCUT2D eigenvalue weighted by atomic mass is 9.88. The van der Waals surface area contributed by atoms with Gasteiger partial charge in [0.1, 0.15) is 0 Å². The Bertz CT molecular complexity index is 1210. The predicted molar refractivity (Wildman–Crippen MR) is 132 cm³/mol. The Morgan fingerprint density at radius 3 is 2.45 bits per heavy atom. The normalized spacial score (nSPS) is 18.5. The molecule has 0 atom stereocenters. The summed E-state index contributed by atoms with van der Waals surface area (Å²) in [5, 5.41) is 10.5. The number of rotatable bonds is 5. The van der Waals surface area contributed by atoms with E-state index >= 15 is 0 Å². The van der Waals surface area contributed by atoms with Crippen molar-refractivity contribution in [2.45, 2.75) is 39.8 Å². The highest BCUT2D eigenvalue weighted by Gasteiger charge is 2.35. The minimum atomic E-state index is -0.483. The summed E-state index contributed by atoms with van der Waals surface area (Å²) in [5.41, 5.74) is 4.87. The van der Waals surface area contributed by atoms with Crippen LogP contribution in [0.5, 0.6) is 0 Å². The van der Waals surface area contributed by atoms with Gasteiger partial charge in [-0.3, -0.25) is 24.6 Å². The summed E-state index contributed by atoms with van der Waals surface area (Å²) in [5.74, 6) is -0.357. The lowest BCUT2D eigenvalue weighted by Crippen LogP contribution is -2.44. The van der Waals surface area contributed by atoms with Crippen LogP contribution in [0, 0.1) is 10.1 Å². The first-order chi connectivity index (χ1) is 15.6. The number of carbonyl (C=O) groups is 2. The first kappa shape index (κ1) is 22.8. The number of thioether (sulfide) groups is 1. The number of likely N-dealkylation sites (N-methyl/N-ethyl adjacent to an activating group) is 1. The van der Waals surface area contributed by atoms with Gasteiger partial charge in [0, 0.05) is 29.9 Å². The third-order valence-corrected chi connectivity index (χ3v) is 6.88. The summed E-state index contributed by atoms with van der Waals surface area (Å²) in [6, 6.07) is 12.0. The topological polar surface area (TPSA) is 83.8 Å². The third kappa shape index (κ3) is 4.30. The average Bonchev–Trinajstić information content (AvgIpc) is 3.01. The molecule has 2 aliphatic heterocycles. The highest BCUT2D eigenvalue weighted by Crippen LogP contribution is 2.40. The number of allylic oxidation sites excluding steroid dienone is 1. The van der Waals surface area contributed by atoms with Crippen LogP contribution in [0.3, 0.4) is 0 Å². The molecule has 0 bridgehead atoms. The molecule has 1 saturated heterocycles. The molecule has 7 nitrogen and oxygen atoms in total. The maximum absolute atomic E-state index is 12.9. The number of non-ortho nitro benzene ring substituents is 1. The Balaban J connectivity index is 1.58. The third-order valence-electron chi connectivity index (χ3n) is 5.98. The number of amides is 2. The minimum Gasteiger partial charge on any atom is -0.363 e. The fourth-order valence-electron chi connectivity index (χ4n) is 4.46. The van der Waals surface area contributed by atoms with Crippen molar-refractivity contribution in [1.29, 1.82) is 0 Å². The van der Waals surface area contributed by atoms with E-state index in [2.05, 4.69) is 50.8 Å². The molecule has 0 N–H and O–H groups in total. The Hall–Kier alpha value is -3.39. The zero-order valence-electron chi connectivity index (χ0n) is 19.0. The number of anilines is 1. The van der Waals surface area contributed by atoms with Crippen molar-refractivity contribution >= 4 is 45.9 Å². The van der Waals surface area contributed by atoms with Crippen LogP contribution < -0.4 is 4.90 Å². The molecule has 2 aromatic carbocycles. The molecule has 1 fully saturated rings. The van der Waals surface area contributed by atoms with E-state index in [-0.39, 0.29) is 28.9 Å². The van der Waals surface area contributed by atoms with Gasteiger partial charge < -0.3 is 4.90 Å². The van der Waals surface area contributed by atoms with E-state index in [1.165, 1.54) is 22.6 Å². The monoisotopic (exact) mass is 463 g/mol. The van der Waals surface area contributed by atoms with Crippen LogP contribution in [0.1, 0.15) is 44.4 Å². The fourth-order valence-corrected chi connectivity index (χ4v) is 5.30. The lowest BCUT2D eigenvalue weighted by molar-refractivity contribution is -0.384. The number of nitrogens with zero attached hydrogens (tertiary/aromatic N) is 3. The highest BCUT2D eigenvalue weighted by atomic mass is 32.2. The number of benzene rings is 2. The van der Waals surface area contributed by atoms with E-state index in [0.29, 0.717) is 10.5 Å². The maximum atomic E-state index is 12.9. The largest absolute Gasteiger partial charge is 0.363 e. The Kier molecular flexibility index (Phi) is 5.88. The predicted octanol–water partition coefficient (Wildman–Crippen LogP) is 5.85. The van der Waals surface area contributed by atoms with Crippen molar-refractivity contribution in [3.8, 4) is 0 Å². The quantitative estimate of drug-likeness (QED) is 0.314. The van der Waals surface area contributed by atoms with Gasteiger partial charge >= 0.3 is 0 Å². The lowest BCUT2D eigenvalue weighted by Gasteiger charge is -2.42. The van der Waals surface area contributed by atoms with E-state index in [4.69, 9.17) is 0 Å². The van der Waals surface area contributed by atoms with E-state index in [1.54, 1.807) is 18.2 Å². The molecule has 0 saturated carbocycles. The molecule has 2 amide bonds. The number of hydrogen-bond acceptors (Lipinski definition) is 6. The van der Waals surface area contributed by atoms with E-state index in [9.17, 15) is 19.7 Å². The van der Waals surface area contributed by atoms with E-state index in [1.807, 2.05) is 6.07 Å². The Morgan fingerprint density at radius 2 is 1.82 bits per heavy atom. The highest BCUT2D eigenvalue weighted by molar-refractivity contribution is 8.18. The summed E-state index contributed by atoms with van der Waals surface area (Å²) in [6.07, 6.45) is 4.00.